The normalized spacial score (nSPS) is 15.7. The predicted octanol–water partition coefficient (Wildman–Crippen LogP) is 28.1. The molecule has 18 aromatic rings. The topological polar surface area (TPSA) is 128 Å². The summed E-state index contributed by atoms with van der Waals surface area (Å²) in [4.78, 5) is 71.5. The molecule has 25 rings (SSSR count). The van der Waals surface area contributed by atoms with Gasteiger partial charge in [-0.05, 0) is 60.4 Å². The molecule has 0 spiro atoms. The molecule has 0 N–H and O–H groups in total. The van der Waals surface area contributed by atoms with Gasteiger partial charge in [-0.15, -0.1) is 0 Å². The van der Waals surface area contributed by atoms with Crippen molar-refractivity contribution in [2.75, 3.05) is 9.80 Å². The maximum atomic E-state index is 15.8. The Morgan fingerprint density at radius 1 is 0.324 bits per heavy atom. The summed E-state index contributed by atoms with van der Waals surface area (Å²) in [6, 6.07) is 115. The number of fused-ring (bicyclic) bond motifs is 7. The second-order valence-electron chi connectivity index (χ2n) is 37.3. The predicted molar refractivity (Wildman–Crippen MR) is 567 cm³/mol. The van der Waals surface area contributed by atoms with E-state index in [1.54, 1.807) is 24.3 Å². The quantitative estimate of drug-likeness (QED) is 0.0208. The third-order valence-electron chi connectivity index (χ3n) is 29.1. The van der Waals surface area contributed by atoms with Crippen LogP contribution in [0.4, 0.5) is 11.4 Å². The average Bonchev–Trinajstić information content (AvgIpc) is 1.31. The van der Waals surface area contributed by atoms with Gasteiger partial charge in [-0.1, -0.05) is 139 Å². The Bertz CT molecular complexity index is 8320. The molecule has 0 saturated carbocycles. The summed E-state index contributed by atoms with van der Waals surface area (Å²) < 4.78 is 29.8. The fourth-order valence-corrected chi connectivity index (χ4v) is 28.1. The number of allylic oxidation sites excluding steroid dienone is 4. The minimum atomic E-state index is -5.89. The number of hydrogen-bond donors (Lipinski definition) is 0. The van der Waals surface area contributed by atoms with Crippen molar-refractivity contribution >= 4 is 166 Å². The molecule has 139 heavy (non-hydrogen) atoms. The first-order valence-electron chi connectivity index (χ1n) is 49.0. The van der Waals surface area contributed by atoms with Crippen molar-refractivity contribution in [2.45, 2.75) is 104 Å². The molecule has 15 heteroatoms. The summed E-state index contributed by atoms with van der Waals surface area (Å²) in [5.41, 5.74) is 22.4. The number of anilines is 2. The van der Waals surface area contributed by atoms with E-state index < -0.39 is 31.1 Å². The Kier molecular flexibility index (Phi) is 20.7. The van der Waals surface area contributed by atoms with Crippen LogP contribution in [-0.2, 0) is 13.1 Å². The second-order valence-corrected chi connectivity index (χ2v) is 40.5. The van der Waals surface area contributed by atoms with Gasteiger partial charge >= 0.3 is 546 Å². The Balaban J connectivity index is 0.631. The number of unbranched alkanes of at least 4 members (excludes halogenated alkanes) is 10. The molecule has 11 heterocycles. The zero-order valence-electron chi connectivity index (χ0n) is 77.3. The third-order valence-corrected chi connectivity index (χ3v) is 33.5. The average molecular weight is 1830 g/mol. The van der Waals surface area contributed by atoms with Gasteiger partial charge in [0.15, 0.2) is 0 Å². The summed E-state index contributed by atoms with van der Waals surface area (Å²) in [7, 11) is -5.89. The maximum Gasteiger partial charge on any atom is 0.0491 e. The number of carbonyl (C=O) groups is 4. The number of imide groups is 2. The van der Waals surface area contributed by atoms with Gasteiger partial charge in [0.2, 0.25) is 0 Å². The van der Waals surface area contributed by atoms with Crippen LogP contribution in [0.1, 0.15) is 188 Å². The summed E-state index contributed by atoms with van der Waals surface area (Å²) in [5.74, 6) is -1.21. The number of hydrogen-bond acceptors (Lipinski definition) is 7. The van der Waals surface area contributed by atoms with Crippen molar-refractivity contribution < 1.29 is 32.6 Å². The van der Waals surface area contributed by atoms with Crippen molar-refractivity contribution in [2.24, 2.45) is 4.99 Å². The van der Waals surface area contributed by atoms with Crippen LogP contribution in [0, 0.1) is 0 Å². The molecule has 14 aromatic carbocycles. The molecule has 0 aliphatic carbocycles. The number of nitrogens with zero attached hydrogens (tertiary/aromatic N) is 8. The van der Waals surface area contributed by atoms with Crippen LogP contribution in [0.3, 0.4) is 0 Å². The van der Waals surface area contributed by atoms with Gasteiger partial charge in [-0.2, -0.15) is 0 Å². The number of rotatable bonds is 28. The fraction of sp³-hybridized carbons (Fsp3) is 0.129. The SMILES string of the molecule is CCCCCCCCn1c2ccccc2c2cc(/C=C/c3ccc4c5c(cccc35)C(=O)N(c3ccc(OP56(Oc7ccc(N8C(=O)c9cccc%10c(/C=C/c%11ccc%12c(c%11)c%11ccccc%11n%12CCCCCCCC)ccc(c9%10)C8=O)cc7)n7c8ccc7C(c7ccccc7)=C7C=CC(=[N+]75)C(c5ccccc5)=c5ccc(n56)=C(c5ccccc5)C5=NC(=C8c6ccccc6)C=C5)cc3)C4=O)ccc21. The first-order chi connectivity index (χ1) is 68.5. The van der Waals surface area contributed by atoms with E-state index in [-0.39, 0.29) is 0 Å². The summed E-state index contributed by atoms with van der Waals surface area (Å²) in [6.45, 7) is 6.46. The van der Waals surface area contributed by atoms with Gasteiger partial charge in [0.25, 0.3) is 0 Å². The Morgan fingerprint density at radius 3 is 1.22 bits per heavy atom. The van der Waals surface area contributed by atoms with Gasteiger partial charge in [0.1, 0.15) is 0 Å². The molecule has 4 amide bonds. The van der Waals surface area contributed by atoms with Crippen molar-refractivity contribution in [3.8, 4) is 11.5 Å². The van der Waals surface area contributed by atoms with E-state index in [0.29, 0.717) is 78.4 Å². The second kappa shape index (κ2) is 34.1. The number of carbonyl (C=O) groups excluding carboxylic acids is 4. The molecule has 0 fully saturated rings. The van der Waals surface area contributed by atoms with Crippen LogP contribution in [0.2, 0.25) is 0 Å². The monoisotopic (exact) mass is 1830 g/mol. The number of aliphatic imine (C=N–C) groups is 1. The molecule has 2 bridgehead atoms. The van der Waals surface area contributed by atoms with E-state index in [2.05, 4.69) is 291 Å². The fourth-order valence-electron chi connectivity index (χ4n) is 22.8. The molecule has 7 aliphatic rings. The Morgan fingerprint density at radius 2 is 0.734 bits per heavy atom. The minimum absolute atomic E-state index is 0.321. The smallest absolute Gasteiger partial charge is 0.0491 e. The van der Waals surface area contributed by atoms with E-state index >= 15 is 19.2 Å². The summed E-state index contributed by atoms with van der Waals surface area (Å²) in [5, 5.41) is 9.12. The zero-order chi connectivity index (χ0) is 93.2. The number of amides is 4. The molecule has 674 valence electrons. The number of benzene rings is 14. The van der Waals surface area contributed by atoms with E-state index in [4.69, 9.17) is 14.0 Å². The standard InChI is InChI=1S/C124H98N8O6P/c1-3-5-7-9-11-29-77-126-105-47-27-25-41-95(105)101-79-81(51-69-107(101)126)49-53-83-55-65-99-119-93(83)43-31-45-97(119)121(133)128(123(99)135)89-57-61-91(62-58-89)137-139(138-92-63-59-90(60-64-92)129-122(134)98-46-32-44-94-84(56-66-100(120(94)98)124(129)136)54-50-82-52-70-108-102(80-82)96-42-26-28-48-106(96)127(108)78-30-12-10-8-6-4-2)130-109-71-73-111(130)117(87-37-21-15-22-38-87)113-75-76-114(132(113)139)118(88-39-23-16-24-40-88)112-74-72-110(131(112)139)116(86-35-19-14-20-36-86)104-68-67-103(125-104)115(109)85-33-17-13-18-34-85/h13-28,31-76,79-80H,3-12,29-30,77-78H2,1-2H3/q+1/b53-49+,54-50+,115-103?,115-109?,116-104?,116-110?. The first-order valence-corrected chi connectivity index (χ1v) is 50.9. The Labute approximate surface area is 805 Å². The van der Waals surface area contributed by atoms with Gasteiger partial charge in [-0.3, -0.25) is 0 Å². The van der Waals surface area contributed by atoms with E-state index in [1.165, 1.54) is 118 Å². The number of aromatic nitrogens is 4. The molecular formula is C124H98N8O6P+. The van der Waals surface area contributed by atoms with E-state index in [9.17, 15) is 0 Å². The van der Waals surface area contributed by atoms with Crippen molar-refractivity contribution in [1.82, 2.24) is 17.8 Å². The van der Waals surface area contributed by atoms with Crippen molar-refractivity contribution in [3.05, 3.63) is 464 Å². The molecule has 0 unspecified atom stereocenters. The number of para-hydroxylation sites is 2. The third kappa shape index (κ3) is 13.4. The van der Waals surface area contributed by atoms with Crippen molar-refractivity contribution in [1.29, 1.82) is 0 Å². The van der Waals surface area contributed by atoms with Crippen LogP contribution in [0.15, 0.2) is 380 Å². The van der Waals surface area contributed by atoms with E-state index in [1.807, 2.05) is 109 Å². The van der Waals surface area contributed by atoms with E-state index in [0.717, 1.165) is 126 Å². The zero-order valence-corrected chi connectivity index (χ0v) is 78.2. The van der Waals surface area contributed by atoms with Gasteiger partial charge in [0.05, 0.1) is 0 Å². The largest absolute Gasteiger partial charge is 0.0529 e. The van der Waals surface area contributed by atoms with Crippen LogP contribution >= 0.6 is 7.51 Å². The first kappa shape index (κ1) is 84.3. The summed E-state index contributed by atoms with van der Waals surface area (Å²) >= 11 is 0. The van der Waals surface area contributed by atoms with Crippen LogP contribution in [0.5, 0.6) is 11.5 Å². The Hall–Kier alpha value is -16.4. The van der Waals surface area contributed by atoms with Crippen LogP contribution in [0.25, 0.3) is 112 Å². The van der Waals surface area contributed by atoms with Gasteiger partial charge in [0, 0.05) is 56.7 Å². The van der Waals surface area contributed by atoms with Gasteiger partial charge in [-0.25, -0.2) is 0 Å². The molecular weight excluding hydrogens is 1730 g/mol. The minimum Gasteiger partial charge on any atom is -0.0529 e. The molecule has 0 atom stereocenters. The summed E-state index contributed by atoms with van der Waals surface area (Å²) in [6.07, 6.45) is 31.8. The maximum absolute atomic E-state index is 15.8. The molecule has 4 aromatic heterocycles. The van der Waals surface area contributed by atoms with Crippen molar-refractivity contribution in [3.63, 3.8) is 0 Å². The molecule has 7 aliphatic heterocycles. The molecule has 14 nitrogen and oxygen atoms in total. The molecule has 0 saturated heterocycles. The number of aryl methyl sites for hydroxylation is 2. The van der Waals surface area contributed by atoms with Crippen LogP contribution < -0.4 is 29.5 Å². The molecule has 0 radical (unpaired) electrons. The van der Waals surface area contributed by atoms with Crippen LogP contribution in [-0.4, -0.2) is 57.2 Å². The van der Waals surface area contributed by atoms with Gasteiger partial charge < -0.3 is 9.13 Å².